The van der Waals surface area contributed by atoms with E-state index in [0.717, 1.165) is 36.5 Å². The Morgan fingerprint density at radius 2 is 1.92 bits per heavy atom. The van der Waals surface area contributed by atoms with Gasteiger partial charge in [-0.25, -0.2) is 0 Å². The molecule has 0 aromatic carbocycles. The Kier molecular flexibility index (Phi) is 4.18. The Balaban J connectivity index is 2.46. The summed E-state index contributed by atoms with van der Waals surface area (Å²) < 4.78 is 5.45. The van der Waals surface area contributed by atoms with Crippen LogP contribution in [0.15, 0.2) is 4.99 Å². The van der Waals surface area contributed by atoms with Crippen LogP contribution in [-0.4, -0.2) is 36.5 Å². The lowest BCUT2D eigenvalue weighted by molar-refractivity contribution is 0.345. The van der Waals surface area contributed by atoms with Gasteiger partial charge in [-0.15, -0.1) is 0 Å². The molecule has 0 fully saturated rings. The molecule has 1 rings (SSSR count). The molecule has 0 unspecified atom stereocenters. The number of ether oxygens (including phenoxy) is 1. The summed E-state index contributed by atoms with van der Waals surface area (Å²) in [5.74, 6) is 1.01. The van der Waals surface area contributed by atoms with Crippen molar-refractivity contribution < 1.29 is 4.74 Å². The summed E-state index contributed by atoms with van der Waals surface area (Å²) in [5, 5.41) is 0. The van der Waals surface area contributed by atoms with Crippen LogP contribution in [0.2, 0.25) is 0 Å². The van der Waals surface area contributed by atoms with Gasteiger partial charge >= 0.3 is 0 Å². The van der Waals surface area contributed by atoms with Gasteiger partial charge in [-0.2, -0.15) is 0 Å². The number of rotatable bonds is 4. The summed E-state index contributed by atoms with van der Waals surface area (Å²) in [6.45, 7) is 10.9. The molecule has 0 saturated heterocycles. The number of hydrogen-bond donors (Lipinski definition) is 0. The molecule has 1 aliphatic heterocycles. The van der Waals surface area contributed by atoms with Crippen LogP contribution in [0, 0.1) is 0 Å². The molecule has 1 heterocycles. The van der Waals surface area contributed by atoms with Gasteiger partial charge in [-0.3, -0.25) is 4.99 Å². The first-order valence-electron chi connectivity index (χ1n) is 5.03. The first-order chi connectivity index (χ1) is 6.11. The summed E-state index contributed by atoms with van der Waals surface area (Å²) in [4.78, 5) is 4.35. The maximum atomic E-state index is 5.45. The van der Waals surface area contributed by atoms with Crippen molar-refractivity contribution in [2.75, 3.05) is 19.3 Å². The second-order valence-electron chi connectivity index (χ2n) is 3.98. The van der Waals surface area contributed by atoms with E-state index in [2.05, 4.69) is 32.7 Å². The number of aliphatic imine (C=N–C) groups is 1. The Morgan fingerprint density at radius 3 is 2.31 bits per heavy atom. The number of nitrogens with zero attached hydrogens (tertiary/aromatic N) is 1. The van der Waals surface area contributed by atoms with Gasteiger partial charge in [0.15, 0.2) is 5.90 Å². The molecule has 0 saturated carbocycles. The highest BCUT2D eigenvalue weighted by molar-refractivity contribution is 7.60. The molecular formula is C10H20NOP. The fraction of sp³-hybridized carbons (Fsp3) is 0.900. The van der Waals surface area contributed by atoms with Crippen molar-refractivity contribution in [2.24, 2.45) is 4.99 Å². The van der Waals surface area contributed by atoms with E-state index in [-0.39, 0.29) is 7.92 Å². The van der Waals surface area contributed by atoms with Gasteiger partial charge in [-0.1, -0.05) is 35.6 Å². The van der Waals surface area contributed by atoms with Crippen LogP contribution < -0.4 is 0 Å². The molecule has 0 atom stereocenters. The Hall–Kier alpha value is -0.100. The monoisotopic (exact) mass is 201 g/mol. The van der Waals surface area contributed by atoms with E-state index in [0.29, 0.717) is 0 Å². The third-order valence-electron chi connectivity index (χ3n) is 2.29. The van der Waals surface area contributed by atoms with Crippen LogP contribution in [0.5, 0.6) is 0 Å². The highest BCUT2D eigenvalue weighted by Gasteiger charge is 2.20. The van der Waals surface area contributed by atoms with Crippen molar-refractivity contribution in [3.8, 4) is 0 Å². The normalized spacial score (nSPS) is 17.0. The van der Waals surface area contributed by atoms with Crippen LogP contribution in [-0.2, 0) is 4.74 Å². The molecule has 0 aliphatic carbocycles. The first-order valence-corrected chi connectivity index (χ1v) is 6.69. The lowest BCUT2D eigenvalue weighted by Crippen LogP contribution is -2.13. The SMILES string of the molecule is CC(C)P(CC1=NCCO1)C(C)C. The second kappa shape index (κ2) is 4.95. The molecule has 0 N–H and O–H groups in total. The minimum absolute atomic E-state index is 0.0545. The molecule has 0 amide bonds. The lowest BCUT2D eigenvalue weighted by atomic mass is 10.5. The molecule has 0 aromatic heterocycles. The largest absolute Gasteiger partial charge is 0.479 e. The Labute approximate surface area is 82.5 Å². The van der Waals surface area contributed by atoms with Gasteiger partial charge in [0.05, 0.1) is 6.54 Å². The summed E-state index contributed by atoms with van der Waals surface area (Å²) in [5.41, 5.74) is 1.56. The Bertz CT molecular complexity index is 181. The molecule has 0 bridgehead atoms. The fourth-order valence-electron chi connectivity index (χ4n) is 1.59. The van der Waals surface area contributed by atoms with Crippen LogP contribution in [0.3, 0.4) is 0 Å². The van der Waals surface area contributed by atoms with Gasteiger partial charge < -0.3 is 4.74 Å². The predicted octanol–water partition coefficient (Wildman–Crippen LogP) is 2.71. The van der Waals surface area contributed by atoms with Gasteiger partial charge in [0, 0.05) is 6.16 Å². The van der Waals surface area contributed by atoms with Gasteiger partial charge in [-0.05, 0) is 11.3 Å². The standard InChI is InChI=1S/C10H20NOP/c1-8(2)13(9(3)4)7-10-11-5-6-12-10/h8-9H,5-7H2,1-4H3. The summed E-state index contributed by atoms with van der Waals surface area (Å²) in [7, 11) is 0.0545. The zero-order valence-corrected chi connectivity index (χ0v) is 9.97. The van der Waals surface area contributed by atoms with Gasteiger partial charge in [0.1, 0.15) is 6.61 Å². The van der Waals surface area contributed by atoms with Crippen LogP contribution in [0.25, 0.3) is 0 Å². The van der Waals surface area contributed by atoms with E-state index in [1.54, 1.807) is 0 Å². The Morgan fingerprint density at radius 1 is 1.31 bits per heavy atom. The molecule has 3 heteroatoms. The van der Waals surface area contributed by atoms with Crippen molar-refractivity contribution >= 4 is 13.8 Å². The maximum absolute atomic E-state index is 5.45. The van der Waals surface area contributed by atoms with Gasteiger partial charge in [0.25, 0.3) is 0 Å². The van der Waals surface area contributed by atoms with Crippen molar-refractivity contribution in [1.29, 1.82) is 0 Å². The number of hydrogen-bond acceptors (Lipinski definition) is 2. The summed E-state index contributed by atoms with van der Waals surface area (Å²) >= 11 is 0. The van der Waals surface area contributed by atoms with Gasteiger partial charge in [0.2, 0.25) is 0 Å². The third-order valence-corrected chi connectivity index (χ3v) is 5.58. The van der Waals surface area contributed by atoms with Crippen molar-refractivity contribution in [3.63, 3.8) is 0 Å². The topological polar surface area (TPSA) is 21.6 Å². The molecule has 0 spiro atoms. The quantitative estimate of drug-likeness (QED) is 0.641. The van der Waals surface area contributed by atoms with Crippen molar-refractivity contribution in [1.82, 2.24) is 0 Å². The van der Waals surface area contributed by atoms with E-state index in [1.165, 1.54) is 0 Å². The molecule has 13 heavy (non-hydrogen) atoms. The van der Waals surface area contributed by atoms with E-state index in [9.17, 15) is 0 Å². The summed E-state index contributed by atoms with van der Waals surface area (Å²) in [6, 6.07) is 0. The molecule has 0 aromatic rings. The third kappa shape index (κ3) is 3.27. The van der Waals surface area contributed by atoms with Crippen LogP contribution in [0.1, 0.15) is 27.7 Å². The minimum atomic E-state index is 0.0545. The molecule has 0 radical (unpaired) electrons. The van der Waals surface area contributed by atoms with Crippen molar-refractivity contribution in [3.05, 3.63) is 0 Å². The zero-order chi connectivity index (χ0) is 9.84. The molecule has 2 nitrogen and oxygen atoms in total. The maximum Gasteiger partial charge on any atom is 0.187 e. The fourth-order valence-corrected chi connectivity index (χ4v) is 4.02. The lowest BCUT2D eigenvalue weighted by Gasteiger charge is -2.25. The van der Waals surface area contributed by atoms with Crippen LogP contribution in [0.4, 0.5) is 0 Å². The molecular weight excluding hydrogens is 181 g/mol. The minimum Gasteiger partial charge on any atom is -0.479 e. The van der Waals surface area contributed by atoms with Crippen molar-refractivity contribution in [2.45, 2.75) is 39.0 Å². The second-order valence-corrected chi connectivity index (χ2v) is 7.39. The molecule has 1 aliphatic rings. The smallest absolute Gasteiger partial charge is 0.187 e. The van der Waals surface area contributed by atoms with E-state index < -0.39 is 0 Å². The van der Waals surface area contributed by atoms with Crippen LogP contribution >= 0.6 is 7.92 Å². The first kappa shape index (κ1) is 11.0. The highest BCUT2D eigenvalue weighted by Crippen LogP contribution is 2.45. The summed E-state index contributed by atoms with van der Waals surface area (Å²) in [6.07, 6.45) is 1.09. The van der Waals surface area contributed by atoms with E-state index in [1.807, 2.05) is 0 Å². The predicted molar refractivity (Wildman–Crippen MR) is 60.3 cm³/mol. The molecule has 76 valence electrons. The highest BCUT2D eigenvalue weighted by atomic mass is 31.1. The average molecular weight is 201 g/mol. The average Bonchev–Trinajstić information content (AvgIpc) is 2.50. The zero-order valence-electron chi connectivity index (χ0n) is 9.08. The van der Waals surface area contributed by atoms with E-state index >= 15 is 0 Å². The van der Waals surface area contributed by atoms with E-state index in [4.69, 9.17) is 4.74 Å².